The molecule has 0 aliphatic rings. The average molecular weight is 369 g/mol. The van der Waals surface area contributed by atoms with E-state index in [1.54, 1.807) is 6.07 Å². The van der Waals surface area contributed by atoms with E-state index in [4.69, 9.17) is 4.42 Å². The van der Waals surface area contributed by atoms with Gasteiger partial charge in [0.15, 0.2) is 0 Å². The highest BCUT2D eigenvalue weighted by Crippen LogP contribution is 2.23. The largest absolute Gasteiger partial charge is 0.422 e. The normalized spacial score (nSPS) is 10.9. The van der Waals surface area contributed by atoms with Gasteiger partial charge < -0.3 is 9.73 Å². The van der Waals surface area contributed by atoms with Gasteiger partial charge in [0.05, 0.1) is 6.04 Å². The van der Waals surface area contributed by atoms with Gasteiger partial charge >= 0.3 is 5.63 Å². The van der Waals surface area contributed by atoms with Gasteiger partial charge in [-0.25, -0.2) is 4.79 Å². The van der Waals surface area contributed by atoms with Gasteiger partial charge in [-0.05, 0) is 29.7 Å². The lowest BCUT2D eigenvalue weighted by atomic mass is 9.98. The molecule has 138 valence electrons. The fourth-order valence-electron chi connectivity index (χ4n) is 3.31. The number of fused-ring (bicyclic) bond motifs is 1. The van der Waals surface area contributed by atoms with Crippen LogP contribution in [0.2, 0.25) is 0 Å². The smallest absolute Gasteiger partial charge is 0.349 e. The number of carbonyl (C=O) groups excluding carboxylic acids is 1. The van der Waals surface area contributed by atoms with E-state index in [9.17, 15) is 9.59 Å². The fourth-order valence-corrected chi connectivity index (χ4v) is 3.31. The molecule has 0 fully saturated rings. The highest BCUT2D eigenvalue weighted by molar-refractivity contribution is 5.97. The molecule has 4 heteroatoms. The molecule has 4 aromatic rings. The molecule has 1 N–H and O–H groups in total. The van der Waals surface area contributed by atoms with Crippen molar-refractivity contribution in [1.29, 1.82) is 0 Å². The Balaban J connectivity index is 1.74. The number of nitrogens with one attached hydrogen (secondary N) is 1. The third-order valence-corrected chi connectivity index (χ3v) is 4.74. The monoisotopic (exact) mass is 369 g/mol. The van der Waals surface area contributed by atoms with Crippen LogP contribution in [0.5, 0.6) is 0 Å². The molecule has 1 aromatic heterocycles. The van der Waals surface area contributed by atoms with Crippen LogP contribution in [0.3, 0.4) is 0 Å². The molecule has 1 heterocycles. The Hall–Kier alpha value is -3.66. The molecule has 0 saturated carbocycles. The molecule has 4 nitrogen and oxygen atoms in total. The molecular weight excluding hydrogens is 350 g/mol. The quantitative estimate of drug-likeness (QED) is 0.534. The van der Waals surface area contributed by atoms with E-state index < -0.39 is 11.5 Å². The predicted molar refractivity (Wildman–Crippen MR) is 109 cm³/mol. The summed E-state index contributed by atoms with van der Waals surface area (Å²) in [6.45, 7) is 1.87. The zero-order valence-electron chi connectivity index (χ0n) is 15.4. The van der Waals surface area contributed by atoms with Gasteiger partial charge in [-0.1, -0.05) is 78.9 Å². The molecule has 0 radical (unpaired) electrons. The molecule has 0 bridgehead atoms. The minimum atomic E-state index is -0.640. The Morgan fingerprint density at radius 3 is 2.07 bits per heavy atom. The number of hydrogen-bond acceptors (Lipinski definition) is 3. The van der Waals surface area contributed by atoms with E-state index in [0.29, 0.717) is 5.58 Å². The minimum Gasteiger partial charge on any atom is -0.422 e. The lowest BCUT2D eigenvalue weighted by Gasteiger charge is -2.19. The molecule has 4 rings (SSSR count). The van der Waals surface area contributed by atoms with Crippen LogP contribution in [0.4, 0.5) is 0 Å². The summed E-state index contributed by atoms with van der Waals surface area (Å²) in [6, 6.07) is 26.1. The third kappa shape index (κ3) is 3.45. The van der Waals surface area contributed by atoms with Crippen molar-refractivity contribution in [3.05, 3.63) is 118 Å². The highest BCUT2D eigenvalue weighted by atomic mass is 16.4. The summed E-state index contributed by atoms with van der Waals surface area (Å²) in [5.74, 6) is -0.463. The lowest BCUT2D eigenvalue weighted by Crippen LogP contribution is -2.32. The summed E-state index contributed by atoms with van der Waals surface area (Å²) in [4.78, 5) is 25.4. The van der Waals surface area contributed by atoms with Gasteiger partial charge in [0.25, 0.3) is 5.91 Å². The van der Waals surface area contributed by atoms with Gasteiger partial charge in [0.2, 0.25) is 0 Å². The molecule has 0 unspecified atom stereocenters. The van der Waals surface area contributed by atoms with Crippen molar-refractivity contribution in [1.82, 2.24) is 5.32 Å². The molecular formula is C24H19NO3. The van der Waals surface area contributed by atoms with Crippen LogP contribution >= 0.6 is 0 Å². The van der Waals surface area contributed by atoms with Crippen LogP contribution in [0, 0.1) is 6.92 Å². The van der Waals surface area contributed by atoms with E-state index in [-0.39, 0.29) is 11.6 Å². The maximum atomic E-state index is 13.0. The van der Waals surface area contributed by atoms with E-state index in [0.717, 1.165) is 22.1 Å². The van der Waals surface area contributed by atoms with Crippen molar-refractivity contribution in [3.63, 3.8) is 0 Å². The molecule has 28 heavy (non-hydrogen) atoms. The number of aryl methyl sites for hydroxylation is 1. The maximum Gasteiger partial charge on any atom is 0.349 e. The third-order valence-electron chi connectivity index (χ3n) is 4.74. The molecule has 0 atom stereocenters. The molecule has 0 aliphatic heterocycles. The Morgan fingerprint density at radius 1 is 0.857 bits per heavy atom. The maximum absolute atomic E-state index is 13.0. The summed E-state index contributed by atoms with van der Waals surface area (Å²) in [6.07, 6.45) is 0. The first-order valence-electron chi connectivity index (χ1n) is 9.08. The van der Waals surface area contributed by atoms with E-state index in [2.05, 4.69) is 5.32 Å². The van der Waals surface area contributed by atoms with Crippen molar-refractivity contribution in [3.8, 4) is 0 Å². The van der Waals surface area contributed by atoms with E-state index >= 15 is 0 Å². The number of carbonyl (C=O) groups is 1. The number of hydrogen-bond donors (Lipinski definition) is 1. The van der Waals surface area contributed by atoms with Gasteiger partial charge in [-0.3, -0.25) is 4.79 Å². The number of amides is 1. The summed E-state index contributed by atoms with van der Waals surface area (Å²) < 4.78 is 5.42. The summed E-state index contributed by atoms with van der Waals surface area (Å²) in [5, 5.41) is 3.71. The van der Waals surface area contributed by atoms with Crippen LogP contribution < -0.4 is 10.9 Å². The first-order valence-corrected chi connectivity index (χ1v) is 9.08. The minimum absolute atomic E-state index is 0.00466. The molecule has 0 spiro atoms. The number of rotatable bonds is 4. The Morgan fingerprint density at radius 2 is 1.46 bits per heavy atom. The SMILES string of the molecule is Cc1cccc2cc(C(=O)NC(c3ccccc3)c3ccccc3)c(=O)oc12. The first kappa shape index (κ1) is 17.7. The molecule has 0 saturated heterocycles. The lowest BCUT2D eigenvalue weighted by molar-refractivity contribution is 0.0939. The van der Waals surface area contributed by atoms with Crippen molar-refractivity contribution in [2.45, 2.75) is 13.0 Å². The summed E-state index contributed by atoms with van der Waals surface area (Å²) >= 11 is 0. The predicted octanol–water partition coefficient (Wildman–Crippen LogP) is 4.62. The molecule has 0 aliphatic carbocycles. The second-order valence-electron chi connectivity index (χ2n) is 6.67. The van der Waals surface area contributed by atoms with Crippen molar-refractivity contribution in [2.24, 2.45) is 0 Å². The molecule has 3 aromatic carbocycles. The average Bonchev–Trinajstić information content (AvgIpc) is 2.73. The van der Waals surface area contributed by atoms with Crippen LogP contribution in [-0.2, 0) is 0 Å². The Labute approximate surface area is 162 Å². The molecule has 1 amide bonds. The van der Waals surface area contributed by atoms with Gasteiger partial charge in [-0.2, -0.15) is 0 Å². The van der Waals surface area contributed by atoms with Crippen molar-refractivity contribution >= 4 is 16.9 Å². The second-order valence-corrected chi connectivity index (χ2v) is 6.67. The zero-order chi connectivity index (χ0) is 19.5. The Kier molecular flexibility index (Phi) is 4.77. The van der Waals surface area contributed by atoms with Crippen LogP contribution in [-0.4, -0.2) is 5.91 Å². The van der Waals surface area contributed by atoms with E-state index in [1.165, 1.54) is 0 Å². The summed E-state index contributed by atoms with van der Waals surface area (Å²) in [7, 11) is 0. The topological polar surface area (TPSA) is 59.3 Å². The summed E-state index contributed by atoms with van der Waals surface area (Å²) in [5.41, 5.74) is 2.58. The highest BCUT2D eigenvalue weighted by Gasteiger charge is 2.20. The fraction of sp³-hybridized carbons (Fsp3) is 0.0833. The first-order chi connectivity index (χ1) is 13.6. The van der Waals surface area contributed by atoms with Gasteiger partial charge in [0, 0.05) is 5.39 Å². The zero-order valence-corrected chi connectivity index (χ0v) is 15.4. The van der Waals surface area contributed by atoms with Gasteiger partial charge in [-0.15, -0.1) is 0 Å². The van der Waals surface area contributed by atoms with Crippen LogP contribution in [0.15, 0.2) is 94.1 Å². The van der Waals surface area contributed by atoms with Crippen LogP contribution in [0.1, 0.15) is 33.1 Å². The standard InChI is InChI=1S/C24H19NO3/c1-16-9-8-14-19-15-20(24(27)28-22(16)19)23(26)25-21(17-10-4-2-5-11-17)18-12-6-3-7-13-18/h2-15,21H,1H3,(H,25,26). The number of para-hydroxylation sites is 1. The Bertz CT molecular complexity index is 1140. The van der Waals surface area contributed by atoms with Crippen molar-refractivity contribution in [2.75, 3.05) is 0 Å². The second kappa shape index (κ2) is 7.53. The van der Waals surface area contributed by atoms with Gasteiger partial charge in [0.1, 0.15) is 11.1 Å². The van der Waals surface area contributed by atoms with Crippen LogP contribution in [0.25, 0.3) is 11.0 Å². The van der Waals surface area contributed by atoms with E-state index in [1.807, 2.05) is 85.8 Å². The van der Waals surface area contributed by atoms with Crippen molar-refractivity contribution < 1.29 is 9.21 Å². The number of benzene rings is 3.